The molecule has 5 rings (SSSR count). The Kier molecular flexibility index (Phi) is 18.7. The van der Waals surface area contributed by atoms with Crippen molar-refractivity contribution in [2.45, 2.75) is 74.0 Å². The second-order valence-electron chi connectivity index (χ2n) is 9.34. The molecule has 234 valence electrons. The van der Waals surface area contributed by atoms with E-state index in [4.69, 9.17) is 10.5 Å². The first-order valence-electron chi connectivity index (χ1n) is 13.2. The molecule has 0 aliphatic carbocycles. The number of halogens is 3. The van der Waals surface area contributed by atoms with Crippen LogP contribution >= 0.6 is 0 Å². The molecule has 4 aromatic rings. The Bertz CT molecular complexity index is 1400. The standard InChI is InChI=1S/C15H16N5O2.C7H4F3.C5H12.C2H6.CH4.CH3.Hf/c1-8-10-5-12-13(6-11(10)14(16)18-17-8)20(15(21)19(12)2)9-3-4-22-7-9;8-7(9,10)6-4-2-1-3-5-6;1-4-5(2)3;1-2;;;/h5-6,9H,3-4,7H2,1-2H3,(H-,16,18);1-2,4-5H;5H,4H2,1-3H3;1-2H3;1H4;1H3;/q2*-1;;;;-1;. The minimum absolute atomic E-state index is 0. The third-order valence-electron chi connectivity index (χ3n) is 6.30. The normalized spacial score (nSPS) is 13.7. The van der Waals surface area contributed by atoms with Gasteiger partial charge < -0.3 is 23.0 Å². The van der Waals surface area contributed by atoms with Crippen molar-refractivity contribution >= 4 is 27.6 Å². The SMILES string of the molecule is C.CC.CCC(C)C.Cc1nnc([NH-])c2cc3c(cc12)n(C)c(=O)n3C1CCOC1.FC(F)(F)c1c[c-]ccc1.[CH3-].[Hf]. The number of benzene rings is 2. The Morgan fingerprint density at radius 2 is 1.76 bits per heavy atom. The van der Waals surface area contributed by atoms with Crippen LogP contribution < -0.4 is 5.69 Å². The molecule has 1 fully saturated rings. The third kappa shape index (κ3) is 10.3. The van der Waals surface area contributed by atoms with Gasteiger partial charge in [-0.1, -0.05) is 54.0 Å². The number of hydrogen-bond donors (Lipinski definition) is 0. The first kappa shape index (κ1) is 41.6. The predicted molar refractivity (Wildman–Crippen MR) is 163 cm³/mol. The molecule has 42 heavy (non-hydrogen) atoms. The summed E-state index contributed by atoms with van der Waals surface area (Å²) in [6.07, 6.45) is -2.10. The maximum Gasteiger partial charge on any atom is 0.370 e. The average Bonchev–Trinajstić information content (AvgIpc) is 3.54. The largest absolute Gasteiger partial charge is 0.480 e. The molecule has 11 heteroatoms. The maximum absolute atomic E-state index is 12.6. The summed E-state index contributed by atoms with van der Waals surface area (Å²) in [6.45, 7) is 13.7. The number of aromatic nitrogens is 4. The third-order valence-corrected chi connectivity index (χ3v) is 6.30. The van der Waals surface area contributed by atoms with E-state index in [9.17, 15) is 18.0 Å². The Morgan fingerprint density at radius 3 is 2.21 bits per heavy atom. The summed E-state index contributed by atoms with van der Waals surface area (Å²) in [5.74, 6) is 1.02. The van der Waals surface area contributed by atoms with Crippen molar-refractivity contribution in [3.05, 3.63) is 77.4 Å². The molecule has 1 unspecified atom stereocenters. The van der Waals surface area contributed by atoms with Crippen LogP contribution in [0.2, 0.25) is 0 Å². The van der Waals surface area contributed by atoms with Crippen molar-refractivity contribution in [1.29, 1.82) is 0 Å². The van der Waals surface area contributed by atoms with E-state index in [2.05, 4.69) is 37.0 Å². The van der Waals surface area contributed by atoms with Gasteiger partial charge in [-0.05, 0) is 42.6 Å². The molecule has 1 aliphatic rings. The summed E-state index contributed by atoms with van der Waals surface area (Å²) in [4.78, 5) is 12.6. The molecule has 0 spiro atoms. The number of nitrogens with zero attached hydrogens (tertiary/aromatic N) is 4. The number of hydrogen-bond acceptors (Lipinski definition) is 4. The molecule has 1 aliphatic heterocycles. The Morgan fingerprint density at radius 1 is 1.17 bits per heavy atom. The zero-order valence-corrected chi connectivity index (χ0v) is 28.8. The number of rotatable bonds is 2. The van der Waals surface area contributed by atoms with Gasteiger partial charge in [0, 0.05) is 50.6 Å². The van der Waals surface area contributed by atoms with Gasteiger partial charge >= 0.3 is 11.9 Å². The van der Waals surface area contributed by atoms with Gasteiger partial charge in [0.15, 0.2) is 0 Å². The minimum Gasteiger partial charge on any atom is -0.480 e. The number of nitrogens with one attached hydrogen (secondary N) is 1. The quantitative estimate of drug-likeness (QED) is 0.151. The van der Waals surface area contributed by atoms with Crippen molar-refractivity contribution in [3.8, 4) is 0 Å². The Hall–Kier alpha value is -2.53. The summed E-state index contributed by atoms with van der Waals surface area (Å²) in [6, 6.07) is 10.9. The van der Waals surface area contributed by atoms with E-state index in [0.717, 1.165) is 52.0 Å². The van der Waals surface area contributed by atoms with Gasteiger partial charge in [0.2, 0.25) is 0 Å². The first-order chi connectivity index (χ1) is 18.5. The topological polar surface area (TPSA) is 85.7 Å². The first-order valence-corrected chi connectivity index (χ1v) is 13.2. The molecule has 0 bridgehead atoms. The number of alkyl halides is 3. The molecule has 1 atom stereocenters. The fraction of sp³-hybridized carbons (Fsp3) is 0.484. The molecule has 1 N–H and O–H groups in total. The van der Waals surface area contributed by atoms with E-state index >= 15 is 0 Å². The molecule has 1 saturated heterocycles. The number of imidazole rings is 1. The van der Waals surface area contributed by atoms with Gasteiger partial charge in [-0.25, -0.2) is 4.79 Å². The summed E-state index contributed by atoms with van der Waals surface area (Å²) in [7, 11) is 1.77. The average molecular weight is 755 g/mol. The van der Waals surface area contributed by atoms with Gasteiger partial charge in [0.05, 0.1) is 23.7 Å². The second-order valence-corrected chi connectivity index (χ2v) is 9.34. The molecule has 0 amide bonds. The van der Waals surface area contributed by atoms with Crippen molar-refractivity contribution in [2.24, 2.45) is 13.0 Å². The van der Waals surface area contributed by atoms with Gasteiger partial charge in [-0.2, -0.15) is 43.5 Å². The second kappa shape index (κ2) is 18.9. The fourth-order valence-electron chi connectivity index (χ4n) is 3.78. The zero-order chi connectivity index (χ0) is 29.3. The van der Waals surface area contributed by atoms with Crippen LogP contribution in [0.3, 0.4) is 0 Å². The number of fused-ring (bicyclic) bond motifs is 2. The van der Waals surface area contributed by atoms with Gasteiger partial charge in [0.25, 0.3) is 0 Å². The van der Waals surface area contributed by atoms with E-state index in [0.29, 0.717) is 13.2 Å². The van der Waals surface area contributed by atoms with Crippen LogP contribution in [0.1, 0.15) is 72.2 Å². The molecule has 2 aromatic carbocycles. The van der Waals surface area contributed by atoms with Crippen molar-refractivity contribution in [2.75, 3.05) is 13.2 Å². The molecular formula is C31H45F3HfN5O2-3. The summed E-state index contributed by atoms with van der Waals surface area (Å²) < 4.78 is 44.2. The summed E-state index contributed by atoms with van der Waals surface area (Å²) in [5.41, 5.74) is 9.71. The van der Waals surface area contributed by atoms with E-state index in [-0.39, 0.29) is 58.2 Å². The van der Waals surface area contributed by atoms with Crippen LogP contribution in [-0.2, 0) is 43.8 Å². The Labute approximate surface area is 267 Å². The molecule has 3 heterocycles. The maximum atomic E-state index is 12.6. The molecule has 7 nitrogen and oxygen atoms in total. The van der Waals surface area contributed by atoms with Crippen LogP contribution in [0.15, 0.2) is 41.2 Å². The van der Waals surface area contributed by atoms with Crippen LogP contribution in [0.4, 0.5) is 19.0 Å². The molecular weight excluding hydrogens is 710 g/mol. The van der Waals surface area contributed by atoms with Gasteiger partial charge in [0.1, 0.15) is 0 Å². The number of aryl methyl sites for hydroxylation is 2. The van der Waals surface area contributed by atoms with E-state index in [1.54, 1.807) is 16.2 Å². The smallest absolute Gasteiger partial charge is 0.370 e. The van der Waals surface area contributed by atoms with E-state index in [1.807, 2.05) is 32.9 Å². The molecule has 2 aromatic heterocycles. The fourth-order valence-corrected chi connectivity index (χ4v) is 3.78. The predicted octanol–water partition coefficient (Wildman–Crippen LogP) is 8.90. The van der Waals surface area contributed by atoms with Crippen molar-refractivity contribution in [3.63, 3.8) is 0 Å². The summed E-state index contributed by atoms with van der Waals surface area (Å²) in [5, 5.41) is 9.45. The molecule has 0 saturated carbocycles. The van der Waals surface area contributed by atoms with E-state index < -0.39 is 11.7 Å². The van der Waals surface area contributed by atoms with Crippen LogP contribution in [0, 0.1) is 26.3 Å². The van der Waals surface area contributed by atoms with Crippen LogP contribution in [0.5, 0.6) is 0 Å². The van der Waals surface area contributed by atoms with Crippen LogP contribution in [0.25, 0.3) is 27.5 Å². The van der Waals surface area contributed by atoms with Gasteiger partial charge in [-0.3, -0.25) is 14.2 Å². The van der Waals surface area contributed by atoms with Gasteiger partial charge in [-0.15, -0.1) is 0 Å². The Balaban J connectivity index is 0. The van der Waals surface area contributed by atoms with Crippen molar-refractivity contribution in [1.82, 2.24) is 19.3 Å². The van der Waals surface area contributed by atoms with E-state index in [1.165, 1.54) is 18.6 Å². The number of ether oxygens (including phenoxy) is 1. The zero-order valence-electron chi connectivity index (χ0n) is 25.2. The molecule has 0 radical (unpaired) electrons. The van der Waals surface area contributed by atoms with Crippen molar-refractivity contribution < 1.29 is 43.8 Å². The summed E-state index contributed by atoms with van der Waals surface area (Å²) >= 11 is 0. The minimum atomic E-state index is -4.24. The monoisotopic (exact) mass is 756 g/mol. The van der Waals surface area contributed by atoms with Crippen LogP contribution in [-0.4, -0.2) is 32.5 Å².